The highest BCUT2D eigenvalue weighted by atomic mass is 32.2. The molecule has 2 saturated heterocycles. The molecule has 2 fully saturated rings. The maximum atomic E-state index is 13.2. The van der Waals surface area contributed by atoms with Crippen LogP contribution in [0.5, 0.6) is 0 Å². The number of amides is 1. The van der Waals surface area contributed by atoms with Crippen LogP contribution in [-0.2, 0) is 9.53 Å². The van der Waals surface area contributed by atoms with Gasteiger partial charge in [-0.3, -0.25) is 4.79 Å². The van der Waals surface area contributed by atoms with Crippen LogP contribution in [0.15, 0.2) is 29.2 Å². The maximum absolute atomic E-state index is 13.2. The highest BCUT2D eigenvalue weighted by molar-refractivity contribution is 8.26. The van der Waals surface area contributed by atoms with Crippen LogP contribution in [0.4, 0.5) is 4.39 Å². The predicted molar refractivity (Wildman–Crippen MR) is 83.8 cm³/mol. The Hall–Kier alpha value is -1.28. The van der Waals surface area contributed by atoms with Gasteiger partial charge >= 0.3 is 0 Å². The number of nitrogens with zero attached hydrogens (tertiary/aromatic N) is 2. The molecule has 0 aromatic heterocycles. The van der Waals surface area contributed by atoms with E-state index in [4.69, 9.17) is 17.0 Å². The first-order valence-corrected chi connectivity index (χ1v) is 7.74. The molecule has 1 aromatic carbocycles. The Morgan fingerprint density at radius 2 is 2.10 bits per heavy atom. The lowest BCUT2D eigenvalue weighted by Crippen LogP contribution is -2.50. The van der Waals surface area contributed by atoms with Crippen molar-refractivity contribution >= 4 is 40.3 Å². The van der Waals surface area contributed by atoms with Crippen LogP contribution < -0.4 is 0 Å². The number of hydrogen-bond acceptors (Lipinski definition) is 5. The topological polar surface area (TPSA) is 32.8 Å². The van der Waals surface area contributed by atoms with E-state index in [0.717, 1.165) is 0 Å². The van der Waals surface area contributed by atoms with Crippen molar-refractivity contribution in [3.05, 3.63) is 40.6 Å². The van der Waals surface area contributed by atoms with E-state index >= 15 is 0 Å². The first kappa shape index (κ1) is 14.6. The number of morpholine rings is 1. The van der Waals surface area contributed by atoms with E-state index in [1.54, 1.807) is 18.2 Å². The molecule has 0 bridgehead atoms. The van der Waals surface area contributed by atoms with Gasteiger partial charge in [-0.05, 0) is 23.8 Å². The molecule has 0 unspecified atom stereocenters. The third kappa shape index (κ3) is 3.16. The van der Waals surface area contributed by atoms with Gasteiger partial charge in [0.2, 0.25) is 0 Å². The van der Waals surface area contributed by atoms with Gasteiger partial charge in [-0.15, -0.1) is 0 Å². The van der Waals surface area contributed by atoms with Crippen molar-refractivity contribution in [1.29, 1.82) is 0 Å². The van der Waals surface area contributed by atoms with Crippen LogP contribution in [-0.4, -0.2) is 46.5 Å². The third-order valence-electron chi connectivity index (χ3n) is 3.19. The van der Waals surface area contributed by atoms with Crippen molar-refractivity contribution in [2.45, 2.75) is 0 Å². The number of halogens is 1. The summed E-state index contributed by atoms with van der Waals surface area (Å²) in [5.74, 6) is -0.483. The molecule has 0 atom stereocenters. The highest BCUT2D eigenvalue weighted by Gasteiger charge is 2.36. The van der Waals surface area contributed by atoms with Crippen LogP contribution in [0.3, 0.4) is 0 Å². The average Bonchev–Trinajstić information content (AvgIpc) is 2.74. The minimum absolute atomic E-state index is 0.156. The highest BCUT2D eigenvalue weighted by Crippen LogP contribution is 2.33. The van der Waals surface area contributed by atoms with Gasteiger partial charge < -0.3 is 4.74 Å². The number of carbonyl (C=O) groups is 1. The zero-order chi connectivity index (χ0) is 14.8. The van der Waals surface area contributed by atoms with Crippen LogP contribution in [0.1, 0.15) is 5.56 Å². The molecule has 110 valence electrons. The standard InChI is InChI=1S/C14H13FN2O2S2/c15-11-3-1-2-10(8-11)9-12-13(18)17(14(20)21-12)16-4-6-19-7-5-16/h1-3,8-9H,4-7H2/b12-9+. The summed E-state index contributed by atoms with van der Waals surface area (Å²) in [6, 6.07) is 6.13. The molecule has 7 heteroatoms. The van der Waals surface area contributed by atoms with E-state index in [2.05, 4.69) is 0 Å². The van der Waals surface area contributed by atoms with Gasteiger partial charge in [0.05, 0.1) is 18.1 Å². The fraction of sp³-hybridized carbons (Fsp3) is 0.286. The van der Waals surface area contributed by atoms with Crippen molar-refractivity contribution in [3.63, 3.8) is 0 Å². The summed E-state index contributed by atoms with van der Waals surface area (Å²) in [6.07, 6.45) is 1.67. The lowest BCUT2D eigenvalue weighted by Gasteiger charge is -2.33. The maximum Gasteiger partial charge on any atom is 0.280 e. The molecule has 3 rings (SSSR count). The van der Waals surface area contributed by atoms with Crippen LogP contribution in [0.2, 0.25) is 0 Å². The molecule has 2 aliphatic heterocycles. The van der Waals surface area contributed by atoms with Crippen LogP contribution in [0, 0.1) is 5.82 Å². The first-order chi connectivity index (χ1) is 10.1. The molecule has 0 spiro atoms. The normalized spacial score (nSPS) is 22.3. The second kappa shape index (κ2) is 6.23. The molecular weight excluding hydrogens is 311 g/mol. The van der Waals surface area contributed by atoms with Gasteiger partial charge in [0, 0.05) is 13.1 Å². The van der Waals surface area contributed by atoms with Crippen molar-refractivity contribution in [2.75, 3.05) is 26.3 Å². The van der Waals surface area contributed by atoms with E-state index in [0.29, 0.717) is 41.1 Å². The Morgan fingerprint density at radius 3 is 2.81 bits per heavy atom. The minimum Gasteiger partial charge on any atom is -0.379 e. The predicted octanol–water partition coefficient (Wildman–Crippen LogP) is 2.27. The van der Waals surface area contributed by atoms with E-state index < -0.39 is 0 Å². The SMILES string of the molecule is O=C1/C(=C\c2cccc(F)c2)SC(=S)N1N1CCOCC1. The molecule has 1 amide bonds. The molecule has 0 radical (unpaired) electrons. The summed E-state index contributed by atoms with van der Waals surface area (Å²) >= 11 is 6.53. The molecule has 0 N–H and O–H groups in total. The van der Waals surface area contributed by atoms with Crippen LogP contribution >= 0.6 is 24.0 Å². The number of rotatable bonds is 2. The quantitative estimate of drug-likeness (QED) is 0.616. The molecule has 2 heterocycles. The molecule has 0 saturated carbocycles. The number of hydrazine groups is 1. The summed E-state index contributed by atoms with van der Waals surface area (Å²) in [6.45, 7) is 2.44. The Balaban J connectivity index is 1.82. The lowest BCUT2D eigenvalue weighted by atomic mass is 10.2. The van der Waals surface area contributed by atoms with Crippen molar-refractivity contribution in [3.8, 4) is 0 Å². The van der Waals surface area contributed by atoms with E-state index in [-0.39, 0.29) is 11.7 Å². The van der Waals surface area contributed by atoms with E-state index in [9.17, 15) is 9.18 Å². The fourth-order valence-electron chi connectivity index (χ4n) is 2.20. The minimum atomic E-state index is -0.326. The van der Waals surface area contributed by atoms with Gasteiger partial charge in [-0.1, -0.05) is 36.1 Å². The molecule has 4 nitrogen and oxygen atoms in total. The van der Waals surface area contributed by atoms with Crippen molar-refractivity contribution < 1.29 is 13.9 Å². The second-order valence-corrected chi connectivity index (χ2v) is 6.29. The van der Waals surface area contributed by atoms with Crippen LogP contribution in [0.25, 0.3) is 6.08 Å². The van der Waals surface area contributed by atoms with Gasteiger partial charge in [0.15, 0.2) is 4.32 Å². The van der Waals surface area contributed by atoms with E-state index in [1.165, 1.54) is 28.9 Å². The molecule has 0 aliphatic carbocycles. The lowest BCUT2D eigenvalue weighted by molar-refractivity contribution is -0.138. The number of hydrogen-bond donors (Lipinski definition) is 0. The number of carbonyl (C=O) groups excluding carboxylic acids is 1. The number of thiocarbonyl (C=S) groups is 1. The molecule has 1 aromatic rings. The summed E-state index contributed by atoms with van der Waals surface area (Å²) < 4.78 is 19.0. The van der Waals surface area contributed by atoms with Crippen molar-refractivity contribution in [2.24, 2.45) is 0 Å². The third-order valence-corrected chi connectivity index (χ3v) is 4.47. The Morgan fingerprint density at radius 1 is 1.33 bits per heavy atom. The Labute approximate surface area is 131 Å². The largest absolute Gasteiger partial charge is 0.379 e. The summed E-state index contributed by atoms with van der Waals surface area (Å²) in [5.41, 5.74) is 0.650. The smallest absolute Gasteiger partial charge is 0.280 e. The molecule has 2 aliphatic rings. The summed E-state index contributed by atoms with van der Waals surface area (Å²) in [4.78, 5) is 13.0. The molecule has 21 heavy (non-hydrogen) atoms. The number of benzene rings is 1. The zero-order valence-corrected chi connectivity index (χ0v) is 12.8. The van der Waals surface area contributed by atoms with Gasteiger partial charge in [-0.25, -0.2) is 14.4 Å². The average molecular weight is 324 g/mol. The zero-order valence-electron chi connectivity index (χ0n) is 11.1. The summed E-state index contributed by atoms with van der Waals surface area (Å²) in [5, 5.41) is 3.42. The first-order valence-electron chi connectivity index (χ1n) is 6.51. The Bertz CT molecular complexity index is 615. The summed E-state index contributed by atoms with van der Waals surface area (Å²) in [7, 11) is 0. The number of thioether (sulfide) groups is 1. The van der Waals surface area contributed by atoms with Gasteiger partial charge in [0.25, 0.3) is 5.91 Å². The Kier molecular flexibility index (Phi) is 4.34. The number of ether oxygens (including phenoxy) is 1. The monoisotopic (exact) mass is 324 g/mol. The van der Waals surface area contributed by atoms with Gasteiger partial charge in [0.1, 0.15) is 5.82 Å². The van der Waals surface area contributed by atoms with Gasteiger partial charge in [-0.2, -0.15) is 0 Å². The fourth-order valence-corrected chi connectivity index (χ4v) is 3.51. The molecular formula is C14H13FN2O2S2. The second-order valence-electron chi connectivity index (χ2n) is 4.61. The van der Waals surface area contributed by atoms with E-state index in [1.807, 2.05) is 5.01 Å². The van der Waals surface area contributed by atoms with Crippen molar-refractivity contribution in [1.82, 2.24) is 10.0 Å².